The highest BCUT2D eigenvalue weighted by Gasteiger charge is 2.20. The predicted octanol–water partition coefficient (Wildman–Crippen LogP) is -1.72. The minimum atomic E-state index is 0. The fourth-order valence-electron chi connectivity index (χ4n) is 2.73. The standard InChI is InChI=1S/C17H20N3O2.BrH/c21-16(15-6-2-1-3-7-15)12-18-10-11-19(14-18)13-17(22)20-8-4-5-9-20;/h1-3,6-7,10-11,14H,4-5,8-9,12-13H2;1H/q+1;/p-1. The van der Waals surface area contributed by atoms with E-state index in [1.807, 2.05) is 63.1 Å². The van der Waals surface area contributed by atoms with E-state index in [0.717, 1.165) is 25.9 Å². The van der Waals surface area contributed by atoms with Crippen LogP contribution in [0.15, 0.2) is 49.1 Å². The number of hydrogen-bond acceptors (Lipinski definition) is 2. The second kappa shape index (κ2) is 8.06. The zero-order valence-electron chi connectivity index (χ0n) is 12.9. The van der Waals surface area contributed by atoms with Gasteiger partial charge in [0.05, 0.1) is 0 Å². The molecule has 0 saturated carbocycles. The summed E-state index contributed by atoms with van der Waals surface area (Å²) in [6, 6.07) is 9.24. The molecule has 0 unspecified atom stereocenters. The van der Waals surface area contributed by atoms with Crippen LogP contribution in [0, 0.1) is 0 Å². The van der Waals surface area contributed by atoms with E-state index in [9.17, 15) is 9.59 Å². The predicted molar refractivity (Wildman–Crippen MR) is 81.2 cm³/mol. The summed E-state index contributed by atoms with van der Waals surface area (Å²) in [7, 11) is 0. The Morgan fingerprint density at radius 1 is 1.09 bits per heavy atom. The highest BCUT2D eigenvalue weighted by molar-refractivity contribution is 5.94. The first-order valence-electron chi connectivity index (χ1n) is 7.63. The van der Waals surface area contributed by atoms with Gasteiger partial charge in [-0.25, -0.2) is 9.13 Å². The molecule has 5 nitrogen and oxygen atoms in total. The summed E-state index contributed by atoms with van der Waals surface area (Å²) in [5.41, 5.74) is 0.705. The van der Waals surface area contributed by atoms with Gasteiger partial charge in [-0.05, 0) is 12.8 Å². The van der Waals surface area contributed by atoms with Gasteiger partial charge >= 0.3 is 0 Å². The molecule has 2 heterocycles. The highest BCUT2D eigenvalue weighted by Crippen LogP contribution is 2.08. The molecule has 1 aliphatic heterocycles. The second-order valence-electron chi connectivity index (χ2n) is 5.64. The van der Waals surface area contributed by atoms with Gasteiger partial charge in [0.25, 0.3) is 5.91 Å². The molecule has 0 N–H and O–H groups in total. The van der Waals surface area contributed by atoms with E-state index in [4.69, 9.17) is 0 Å². The summed E-state index contributed by atoms with van der Waals surface area (Å²) < 4.78 is 3.64. The second-order valence-corrected chi connectivity index (χ2v) is 5.64. The number of nitrogens with zero attached hydrogens (tertiary/aromatic N) is 3. The molecule has 0 aliphatic carbocycles. The number of imidazole rings is 1. The molecule has 2 aromatic rings. The third-order valence-corrected chi connectivity index (χ3v) is 3.94. The fraction of sp³-hybridized carbons (Fsp3) is 0.353. The number of ketones is 1. The van der Waals surface area contributed by atoms with Crippen LogP contribution in [0.3, 0.4) is 0 Å². The molecule has 0 atom stereocenters. The van der Waals surface area contributed by atoms with Crippen molar-refractivity contribution in [3.63, 3.8) is 0 Å². The van der Waals surface area contributed by atoms with Crippen LogP contribution in [0.5, 0.6) is 0 Å². The summed E-state index contributed by atoms with van der Waals surface area (Å²) >= 11 is 0. The third kappa shape index (κ3) is 4.51. The van der Waals surface area contributed by atoms with Gasteiger partial charge in [-0.15, -0.1) is 0 Å². The minimum absolute atomic E-state index is 0. The molecule has 6 heteroatoms. The maximum absolute atomic E-state index is 12.1. The Morgan fingerprint density at radius 3 is 2.48 bits per heavy atom. The molecule has 0 spiro atoms. The van der Waals surface area contributed by atoms with E-state index >= 15 is 0 Å². The number of Topliss-reactive ketones (excluding diaryl/α,β-unsaturated/α-hetero) is 1. The number of likely N-dealkylation sites (tertiary alicyclic amines) is 1. The molecule has 0 radical (unpaired) electrons. The summed E-state index contributed by atoms with van der Waals surface area (Å²) in [6.45, 7) is 2.36. The quantitative estimate of drug-likeness (QED) is 0.459. The Morgan fingerprint density at radius 2 is 1.78 bits per heavy atom. The van der Waals surface area contributed by atoms with Crippen LogP contribution in [0.25, 0.3) is 0 Å². The van der Waals surface area contributed by atoms with Crippen LogP contribution in [-0.4, -0.2) is 34.2 Å². The number of carbonyl (C=O) groups excluding carboxylic acids is 2. The van der Waals surface area contributed by atoms with Crippen molar-refractivity contribution in [2.24, 2.45) is 0 Å². The van der Waals surface area contributed by atoms with Crippen molar-refractivity contribution in [1.82, 2.24) is 9.47 Å². The normalized spacial score (nSPS) is 13.7. The van der Waals surface area contributed by atoms with E-state index in [2.05, 4.69) is 0 Å². The average molecular weight is 378 g/mol. The average Bonchev–Trinajstić information content (AvgIpc) is 3.20. The van der Waals surface area contributed by atoms with E-state index in [0.29, 0.717) is 12.1 Å². The van der Waals surface area contributed by atoms with E-state index in [1.54, 1.807) is 0 Å². The van der Waals surface area contributed by atoms with Crippen molar-refractivity contribution < 1.29 is 31.1 Å². The minimum Gasteiger partial charge on any atom is -1.00 e. The van der Waals surface area contributed by atoms with Gasteiger partial charge < -0.3 is 21.9 Å². The summed E-state index contributed by atoms with van der Waals surface area (Å²) in [5.74, 6) is 0.212. The van der Waals surface area contributed by atoms with Gasteiger partial charge in [0.1, 0.15) is 12.4 Å². The van der Waals surface area contributed by atoms with Gasteiger partial charge in [-0.3, -0.25) is 9.59 Å². The largest absolute Gasteiger partial charge is 1.00 e. The Bertz CT molecular complexity index is 663. The van der Waals surface area contributed by atoms with Crippen LogP contribution < -0.4 is 21.5 Å². The number of hydrogen-bond donors (Lipinski definition) is 0. The lowest BCUT2D eigenvalue weighted by atomic mass is 10.1. The maximum Gasteiger partial charge on any atom is 0.264 e. The SMILES string of the molecule is O=C(C[n+]1ccn(CC(=O)N2CCCC2)c1)c1ccccc1.[Br-]. The highest BCUT2D eigenvalue weighted by atomic mass is 79.9. The van der Waals surface area contributed by atoms with Crippen LogP contribution in [-0.2, 0) is 17.9 Å². The monoisotopic (exact) mass is 377 g/mol. The molecule has 23 heavy (non-hydrogen) atoms. The molecule has 1 aromatic heterocycles. The van der Waals surface area contributed by atoms with Crippen molar-refractivity contribution in [3.05, 3.63) is 54.6 Å². The molecule has 0 bridgehead atoms. The lowest BCUT2D eigenvalue weighted by Gasteiger charge is -2.13. The summed E-state index contributed by atoms with van der Waals surface area (Å²) in [5, 5.41) is 0. The Labute approximate surface area is 146 Å². The van der Waals surface area contributed by atoms with Gasteiger partial charge in [0.2, 0.25) is 12.1 Å². The summed E-state index contributed by atoms with van der Waals surface area (Å²) in [6.07, 6.45) is 7.69. The molecule has 1 fully saturated rings. The van der Waals surface area contributed by atoms with Crippen molar-refractivity contribution in [3.8, 4) is 0 Å². The lowest BCUT2D eigenvalue weighted by Crippen LogP contribution is -3.00. The number of amides is 1. The maximum atomic E-state index is 12.1. The van der Waals surface area contributed by atoms with Crippen LogP contribution in [0.4, 0.5) is 0 Å². The van der Waals surface area contributed by atoms with E-state index in [1.165, 1.54) is 0 Å². The van der Waals surface area contributed by atoms with Gasteiger partial charge in [-0.1, -0.05) is 30.3 Å². The number of halogens is 1. The number of benzene rings is 1. The van der Waals surface area contributed by atoms with Crippen molar-refractivity contribution in [1.29, 1.82) is 0 Å². The van der Waals surface area contributed by atoms with Gasteiger partial charge in [-0.2, -0.15) is 0 Å². The third-order valence-electron chi connectivity index (χ3n) is 3.94. The Balaban J connectivity index is 0.00000192. The molecule has 122 valence electrons. The molecule has 3 rings (SSSR count). The number of carbonyl (C=O) groups is 2. The van der Waals surface area contributed by atoms with Crippen LogP contribution >= 0.6 is 0 Å². The smallest absolute Gasteiger partial charge is 0.264 e. The lowest BCUT2D eigenvalue weighted by molar-refractivity contribution is -0.682. The van der Waals surface area contributed by atoms with E-state index in [-0.39, 0.29) is 35.2 Å². The first-order chi connectivity index (χ1) is 10.7. The van der Waals surface area contributed by atoms with Crippen LogP contribution in [0.1, 0.15) is 23.2 Å². The molecule has 1 aromatic carbocycles. The van der Waals surface area contributed by atoms with E-state index < -0.39 is 0 Å². The topological polar surface area (TPSA) is 46.2 Å². The summed E-state index contributed by atoms with van der Waals surface area (Å²) in [4.78, 5) is 26.1. The zero-order chi connectivity index (χ0) is 15.4. The first-order valence-corrected chi connectivity index (χ1v) is 7.63. The molecule has 1 aliphatic rings. The molecule has 1 saturated heterocycles. The molecular formula is C17H20BrN3O2. The Hall–Kier alpha value is -1.95. The number of aromatic nitrogens is 2. The molecule has 1 amide bonds. The van der Waals surface area contributed by atoms with Crippen LogP contribution in [0.2, 0.25) is 0 Å². The van der Waals surface area contributed by atoms with Gasteiger partial charge in [0.15, 0.2) is 13.1 Å². The first kappa shape index (κ1) is 17.4. The molecular weight excluding hydrogens is 358 g/mol. The zero-order valence-corrected chi connectivity index (χ0v) is 14.5. The van der Waals surface area contributed by atoms with Crippen molar-refractivity contribution in [2.45, 2.75) is 25.9 Å². The van der Waals surface area contributed by atoms with Gasteiger partial charge in [0, 0.05) is 18.7 Å². The fourth-order valence-corrected chi connectivity index (χ4v) is 2.73. The number of rotatable bonds is 5. The van der Waals surface area contributed by atoms with Crippen molar-refractivity contribution >= 4 is 11.7 Å². The Kier molecular flexibility index (Phi) is 6.10. The van der Waals surface area contributed by atoms with Crippen molar-refractivity contribution in [2.75, 3.05) is 13.1 Å².